The summed E-state index contributed by atoms with van der Waals surface area (Å²) in [5.74, 6) is 0.722. The highest BCUT2D eigenvalue weighted by molar-refractivity contribution is 5.96. The van der Waals surface area contributed by atoms with E-state index < -0.39 is 12.0 Å². The summed E-state index contributed by atoms with van der Waals surface area (Å²) in [7, 11) is 0. The summed E-state index contributed by atoms with van der Waals surface area (Å²) in [5, 5.41) is 3.01. The first kappa shape index (κ1) is 26.6. The molecule has 1 saturated heterocycles. The molecule has 0 radical (unpaired) electrons. The molecule has 3 aliphatic heterocycles. The zero-order chi connectivity index (χ0) is 27.5. The first-order valence-corrected chi connectivity index (χ1v) is 13.4. The predicted octanol–water partition coefficient (Wildman–Crippen LogP) is 3.09. The molecule has 3 amide bonds. The number of carbonyl (C=O) groups is 3. The highest BCUT2D eigenvalue weighted by Gasteiger charge is 2.38. The second-order valence-electron chi connectivity index (χ2n) is 9.76. The largest absolute Gasteiger partial charge is 0.463 e. The van der Waals surface area contributed by atoms with Gasteiger partial charge in [0.05, 0.1) is 18.2 Å². The smallest absolute Gasteiger partial charge is 0.338 e. The Morgan fingerprint density at radius 2 is 1.79 bits per heavy atom. The summed E-state index contributed by atoms with van der Waals surface area (Å²) in [6.45, 7) is 9.08. The van der Waals surface area contributed by atoms with Crippen molar-refractivity contribution in [3.63, 3.8) is 0 Å². The van der Waals surface area contributed by atoms with Gasteiger partial charge < -0.3 is 24.4 Å². The van der Waals surface area contributed by atoms with Gasteiger partial charge in [-0.15, -0.1) is 0 Å². The minimum absolute atomic E-state index is 0.0638. The van der Waals surface area contributed by atoms with Crippen molar-refractivity contribution in [1.29, 1.82) is 0 Å². The third-order valence-electron chi connectivity index (χ3n) is 7.28. The molecule has 3 heterocycles. The van der Waals surface area contributed by atoms with Gasteiger partial charge in [-0.3, -0.25) is 14.6 Å². The molecule has 0 saturated carbocycles. The lowest BCUT2D eigenvalue weighted by Gasteiger charge is -2.40. The van der Waals surface area contributed by atoms with Gasteiger partial charge in [0.1, 0.15) is 0 Å². The number of amides is 3. The number of urea groups is 1. The maximum absolute atomic E-state index is 13.3. The molecule has 0 spiro atoms. The number of carbonyl (C=O) groups excluding carboxylic acids is 3. The van der Waals surface area contributed by atoms with Gasteiger partial charge in [-0.05, 0) is 44.5 Å². The molecule has 39 heavy (non-hydrogen) atoms. The van der Waals surface area contributed by atoms with E-state index in [0.717, 1.165) is 11.1 Å². The van der Waals surface area contributed by atoms with E-state index in [2.05, 4.69) is 10.2 Å². The predicted molar refractivity (Wildman–Crippen MR) is 143 cm³/mol. The number of nitrogens with one attached hydrogen (secondary N) is 1. The van der Waals surface area contributed by atoms with E-state index in [1.54, 1.807) is 30.0 Å². The second kappa shape index (κ2) is 11.4. The van der Waals surface area contributed by atoms with Crippen LogP contribution in [0.4, 0.5) is 4.79 Å². The zero-order valence-electron chi connectivity index (χ0n) is 22.6. The Bertz CT molecular complexity index is 1300. The average Bonchev–Trinajstić information content (AvgIpc) is 3.41. The monoisotopic (exact) mass is 534 g/mol. The number of hydrogen-bond acceptors (Lipinski definition) is 7. The van der Waals surface area contributed by atoms with Crippen LogP contribution in [0.15, 0.2) is 53.7 Å². The highest BCUT2D eigenvalue weighted by Crippen LogP contribution is 2.34. The molecule has 0 bridgehead atoms. The standard InChI is InChI=1S/C29H34N4O6/c1-4-33-22(25(28(35)37-5-2)26(30-29(33)36)20-8-6-7-19(3)15-20)17-31-11-13-32(14-12-31)27(34)21-9-10-23-24(16-21)39-18-38-23/h6-10,15-16,26H,4-5,11-14,17-18H2,1-3H3,(H,30,36). The van der Waals surface area contributed by atoms with E-state index in [0.29, 0.717) is 67.6 Å². The SMILES string of the molecule is CCOC(=O)C1=C(CN2CCN(C(=O)c3ccc4c(c3)OCO4)CC2)N(CC)C(=O)NC1c1cccc(C)c1. The average molecular weight is 535 g/mol. The van der Waals surface area contributed by atoms with E-state index in [4.69, 9.17) is 14.2 Å². The van der Waals surface area contributed by atoms with Crippen molar-refractivity contribution in [3.8, 4) is 11.5 Å². The van der Waals surface area contributed by atoms with E-state index in [1.807, 2.05) is 43.0 Å². The van der Waals surface area contributed by atoms with Gasteiger partial charge in [0.25, 0.3) is 5.91 Å². The quantitative estimate of drug-likeness (QED) is 0.545. The number of esters is 1. The molecule has 1 N–H and O–H groups in total. The van der Waals surface area contributed by atoms with Crippen molar-refractivity contribution in [3.05, 3.63) is 70.4 Å². The molecule has 0 aromatic heterocycles. The third-order valence-corrected chi connectivity index (χ3v) is 7.28. The van der Waals surface area contributed by atoms with Crippen molar-refractivity contribution in [2.45, 2.75) is 26.8 Å². The van der Waals surface area contributed by atoms with Crippen molar-refractivity contribution in [1.82, 2.24) is 20.0 Å². The van der Waals surface area contributed by atoms with Crippen molar-refractivity contribution in [2.24, 2.45) is 0 Å². The minimum Gasteiger partial charge on any atom is -0.463 e. The number of rotatable bonds is 7. The first-order chi connectivity index (χ1) is 18.9. The van der Waals surface area contributed by atoms with Gasteiger partial charge in [0, 0.05) is 50.5 Å². The highest BCUT2D eigenvalue weighted by atomic mass is 16.7. The summed E-state index contributed by atoms with van der Waals surface area (Å²) in [5.41, 5.74) is 3.51. The molecular formula is C29H34N4O6. The number of likely N-dealkylation sites (N-methyl/N-ethyl adjacent to an activating group) is 1. The van der Waals surface area contributed by atoms with E-state index in [1.165, 1.54) is 0 Å². The van der Waals surface area contributed by atoms with Crippen LogP contribution in [0.3, 0.4) is 0 Å². The Morgan fingerprint density at radius 1 is 1.03 bits per heavy atom. The van der Waals surface area contributed by atoms with Crippen molar-refractivity contribution >= 4 is 17.9 Å². The molecule has 5 rings (SSSR count). The van der Waals surface area contributed by atoms with Crippen molar-refractivity contribution in [2.75, 3.05) is 52.7 Å². The Labute approximate surface area is 228 Å². The fraction of sp³-hybridized carbons (Fsp3) is 0.414. The molecular weight excluding hydrogens is 500 g/mol. The number of nitrogens with zero attached hydrogens (tertiary/aromatic N) is 3. The van der Waals surface area contributed by atoms with Gasteiger partial charge in [-0.2, -0.15) is 0 Å². The maximum atomic E-state index is 13.3. The Balaban J connectivity index is 1.37. The van der Waals surface area contributed by atoms with Crippen LogP contribution < -0.4 is 14.8 Å². The lowest BCUT2D eigenvalue weighted by atomic mass is 9.93. The van der Waals surface area contributed by atoms with Gasteiger partial charge in [0.15, 0.2) is 11.5 Å². The Hall–Kier alpha value is -4.05. The number of aryl methyl sites for hydroxylation is 1. The number of benzene rings is 2. The Kier molecular flexibility index (Phi) is 7.74. The van der Waals surface area contributed by atoms with Crippen LogP contribution >= 0.6 is 0 Å². The molecule has 3 aliphatic rings. The fourth-order valence-corrected chi connectivity index (χ4v) is 5.29. The number of fused-ring (bicyclic) bond motifs is 1. The Morgan fingerprint density at radius 3 is 2.51 bits per heavy atom. The molecule has 2 aromatic carbocycles. The number of piperazine rings is 1. The summed E-state index contributed by atoms with van der Waals surface area (Å²) in [4.78, 5) is 45.3. The molecule has 1 fully saturated rings. The van der Waals surface area contributed by atoms with Crippen LogP contribution in [0.25, 0.3) is 0 Å². The van der Waals surface area contributed by atoms with Gasteiger partial charge >= 0.3 is 12.0 Å². The molecule has 10 heteroatoms. The first-order valence-electron chi connectivity index (χ1n) is 13.4. The topological polar surface area (TPSA) is 101 Å². The maximum Gasteiger partial charge on any atom is 0.338 e. The number of hydrogen-bond donors (Lipinski definition) is 1. The summed E-state index contributed by atoms with van der Waals surface area (Å²) >= 11 is 0. The summed E-state index contributed by atoms with van der Waals surface area (Å²) in [6, 6.07) is 12.2. The van der Waals surface area contributed by atoms with E-state index >= 15 is 0 Å². The minimum atomic E-state index is -0.608. The lowest BCUT2D eigenvalue weighted by molar-refractivity contribution is -0.139. The lowest BCUT2D eigenvalue weighted by Crippen LogP contribution is -2.53. The summed E-state index contributed by atoms with van der Waals surface area (Å²) in [6.07, 6.45) is 0. The molecule has 0 aliphatic carbocycles. The molecule has 10 nitrogen and oxygen atoms in total. The van der Waals surface area contributed by atoms with Crippen LogP contribution in [0.1, 0.15) is 41.4 Å². The van der Waals surface area contributed by atoms with Crippen LogP contribution in [0.5, 0.6) is 11.5 Å². The van der Waals surface area contributed by atoms with Crippen molar-refractivity contribution < 1.29 is 28.6 Å². The van der Waals surface area contributed by atoms with Crippen LogP contribution in [-0.4, -0.2) is 85.3 Å². The van der Waals surface area contributed by atoms with Crippen LogP contribution in [0.2, 0.25) is 0 Å². The molecule has 2 aromatic rings. The van der Waals surface area contributed by atoms with E-state index in [9.17, 15) is 14.4 Å². The third kappa shape index (κ3) is 5.42. The zero-order valence-corrected chi connectivity index (χ0v) is 22.6. The normalized spacial score (nSPS) is 19.3. The number of ether oxygens (including phenoxy) is 3. The van der Waals surface area contributed by atoms with Crippen LogP contribution in [0, 0.1) is 6.92 Å². The van der Waals surface area contributed by atoms with Gasteiger partial charge in [-0.25, -0.2) is 9.59 Å². The van der Waals surface area contributed by atoms with Gasteiger partial charge in [-0.1, -0.05) is 29.8 Å². The second-order valence-corrected chi connectivity index (χ2v) is 9.76. The molecule has 206 valence electrons. The molecule has 1 atom stereocenters. The van der Waals surface area contributed by atoms with Gasteiger partial charge in [0.2, 0.25) is 6.79 Å². The molecule has 1 unspecified atom stereocenters. The summed E-state index contributed by atoms with van der Waals surface area (Å²) < 4.78 is 16.2. The van der Waals surface area contributed by atoms with E-state index in [-0.39, 0.29) is 25.3 Å². The van der Waals surface area contributed by atoms with Crippen LogP contribution in [-0.2, 0) is 9.53 Å². The fourth-order valence-electron chi connectivity index (χ4n) is 5.29.